The third-order valence-electron chi connectivity index (χ3n) is 5.18. The molecule has 3 N–H and O–H groups in total. The summed E-state index contributed by atoms with van der Waals surface area (Å²) in [5, 5.41) is 0. The SMILES string of the molecule is CC1(C)[C@@H]2CC[C@]1(C)[C@@H](OP(=O)(O)OP(=O)(O)O)C2. The van der Waals surface area contributed by atoms with E-state index in [0.717, 1.165) is 12.8 Å². The highest BCUT2D eigenvalue weighted by Gasteiger charge is 2.63. The van der Waals surface area contributed by atoms with Crippen molar-refractivity contribution in [3.8, 4) is 0 Å². The summed E-state index contributed by atoms with van der Waals surface area (Å²) in [6.07, 6.45) is 1.99. The van der Waals surface area contributed by atoms with E-state index in [1.165, 1.54) is 0 Å². The van der Waals surface area contributed by atoms with Gasteiger partial charge in [-0.15, -0.1) is 0 Å². The van der Waals surface area contributed by atoms with Crippen LogP contribution in [0.3, 0.4) is 0 Å². The van der Waals surface area contributed by atoms with Gasteiger partial charge in [0, 0.05) is 0 Å². The topological polar surface area (TPSA) is 113 Å². The van der Waals surface area contributed by atoms with Gasteiger partial charge in [-0.2, -0.15) is 4.31 Å². The number of phosphoric acid groups is 2. The average molecular weight is 314 g/mol. The molecule has 0 aromatic carbocycles. The summed E-state index contributed by atoms with van der Waals surface area (Å²) in [6.45, 7) is 6.18. The molecular weight excluding hydrogens is 294 g/mol. The first-order valence-electron chi connectivity index (χ1n) is 6.15. The molecule has 112 valence electrons. The van der Waals surface area contributed by atoms with Crippen molar-refractivity contribution >= 4 is 15.6 Å². The molecule has 0 heterocycles. The molecule has 1 unspecified atom stereocenters. The van der Waals surface area contributed by atoms with Crippen LogP contribution in [-0.4, -0.2) is 20.8 Å². The number of hydrogen-bond donors (Lipinski definition) is 3. The standard InChI is InChI=1S/C10H20O7P2/c1-9(2)7-4-5-10(9,3)8(6-7)16-19(14,15)17-18(11,12)13/h7-8H,4-6H2,1-3H3,(H,14,15)(H2,11,12,13)/t7-,8+,10-/m1/s1. The second kappa shape index (κ2) is 4.38. The largest absolute Gasteiger partial charge is 0.481 e. The number of rotatable bonds is 4. The third-order valence-corrected chi connectivity index (χ3v) is 7.38. The van der Waals surface area contributed by atoms with Gasteiger partial charge in [0.1, 0.15) is 0 Å². The van der Waals surface area contributed by atoms with Crippen molar-refractivity contribution in [1.29, 1.82) is 0 Å². The Bertz CT molecular complexity index is 470. The van der Waals surface area contributed by atoms with Crippen LogP contribution in [0, 0.1) is 16.7 Å². The maximum Gasteiger partial charge on any atom is 0.481 e. The van der Waals surface area contributed by atoms with E-state index in [9.17, 15) is 14.0 Å². The van der Waals surface area contributed by atoms with Crippen molar-refractivity contribution in [1.82, 2.24) is 0 Å². The number of phosphoric ester groups is 1. The van der Waals surface area contributed by atoms with Gasteiger partial charge in [0.05, 0.1) is 6.10 Å². The van der Waals surface area contributed by atoms with Crippen LogP contribution >= 0.6 is 15.6 Å². The quantitative estimate of drug-likeness (QED) is 0.683. The minimum atomic E-state index is -5.05. The maximum absolute atomic E-state index is 11.6. The predicted molar refractivity (Wildman–Crippen MR) is 67.1 cm³/mol. The van der Waals surface area contributed by atoms with Crippen molar-refractivity contribution in [2.45, 2.75) is 46.1 Å². The monoisotopic (exact) mass is 314 g/mol. The molecule has 7 nitrogen and oxygen atoms in total. The van der Waals surface area contributed by atoms with E-state index in [1.807, 2.05) is 6.92 Å². The third kappa shape index (κ3) is 2.70. The highest BCUT2D eigenvalue weighted by Crippen LogP contribution is 2.69. The van der Waals surface area contributed by atoms with E-state index in [1.54, 1.807) is 0 Å². The Morgan fingerprint density at radius 2 is 1.74 bits per heavy atom. The molecule has 4 atom stereocenters. The fourth-order valence-electron chi connectivity index (χ4n) is 3.60. The zero-order chi connectivity index (χ0) is 14.7. The number of hydrogen-bond acceptors (Lipinski definition) is 4. The lowest BCUT2D eigenvalue weighted by Gasteiger charge is -2.38. The van der Waals surface area contributed by atoms with Gasteiger partial charge in [-0.1, -0.05) is 20.8 Å². The van der Waals surface area contributed by atoms with E-state index in [4.69, 9.17) is 14.3 Å². The first kappa shape index (κ1) is 15.6. The second-order valence-corrected chi connectivity index (χ2v) is 9.03. The molecule has 0 spiro atoms. The van der Waals surface area contributed by atoms with Gasteiger partial charge >= 0.3 is 15.6 Å². The summed E-state index contributed by atoms with van der Waals surface area (Å²) < 4.78 is 31.2. The fraction of sp³-hybridized carbons (Fsp3) is 1.00. The van der Waals surface area contributed by atoms with E-state index in [2.05, 4.69) is 18.2 Å². The van der Waals surface area contributed by atoms with Crippen LogP contribution in [-0.2, 0) is 18.0 Å². The van der Waals surface area contributed by atoms with Gasteiger partial charge in [0.25, 0.3) is 0 Å². The van der Waals surface area contributed by atoms with E-state index in [-0.39, 0.29) is 10.8 Å². The Labute approximate surface area is 112 Å². The maximum atomic E-state index is 11.6. The summed E-state index contributed by atoms with van der Waals surface area (Å²) in [4.78, 5) is 26.6. The van der Waals surface area contributed by atoms with Crippen LogP contribution in [0.1, 0.15) is 40.0 Å². The Balaban J connectivity index is 2.14. The molecule has 2 rings (SSSR count). The Morgan fingerprint density at radius 1 is 1.16 bits per heavy atom. The minimum Gasteiger partial charge on any atom is -0.302 e. The van der Waals surface area contributed by atoms with Crippen molar-refractivity contribution < 1.29 is 32.6 Å². The first-order valence-corrected chi connectivity index (χ1v) is 9.18. The van der Waals surface area contributed by atoms with E-state index >= 15 is 0 Å². The molecule has 2 bridgehead atoms. The van der Waals surface area contributed by atoms with Crippen LogP contribution in [0.4, 0.5) is 0 Å². The fourth-order valence-corrected chi connectivity index (χ4v) is 5.47. The van der Waals surface area contributed by atoms with Crippen molar-refractivity contribution in [2.75, 3.05) is 0 Å². The summed E-state index contributed by atoms with van der Waals surface area (Å²) in [5.74, 6) is 0.387. The van der Waals surface area contributed by atoms with Gasteiger partial charge in [-0.05, 0) is 36.0 Å². The van der Waals surface area contributed by atoms with E-state index in [0.29, 0.717) is 12.3 Å². The molecule has 0 radical (unpaired) electrons. The molecule has 2 aliphatic carbocycles. The molecule has 0 amide bonds. The Morgan fingerprint density at radius 3 is 2.11 bits per heavy atom. The molecule has 0 aromatic heterocycles. The predicted octanol–water partition coefficient (Wildman–Crippen LogP) is 2.43. The first-order chi connectivity index (χ1) is 8.37. The summed E-state index contributed by atoms with van der Waals surface area (Å²) >= 11 is 0. The summed E-state index contributed by atoms with van der Waals surface area (Å²) in [5.41, 5.74) is -0.311. The summed E-state index contributed by atoms with van der Waals surface area (Å²) in [6, 6.07) is 0. The van der Waals surface area contributed by atoms with Crippen molar-refractivity contribution in [3.63, 3.8) is 0 Å². The zero-order valence-electron chi connectivity index (χ0n) is 11.1. The van der Waals surface area contributed by atoms with E-state index < -0.39 is 21.7 Å². The Hall–Kier alpha value is 0.260. The average Bonchev–Trinajstić information content (AvgIpc) is 2.45. The zero-order valence-corrected chi connectivity index (χ0v) is 12.9. The molecule has 0 aromatic rings. The highest BCUT2D eigenvalue weighted by molar-refractivity contribution is 7.60. The molecule has 9 heteroatoms. The molecular formula is C10H20O7P2. The second-order valence-electron chi connectivity index (χ2n) is 6.25. The molecule has 19 heavy (non-hydrogen) atoms. The lowest BCUT2D eigenvalue weighted by Crippen LogP contribution is -2.36. The minimum absolute atomic E-state index is 0.0280. The van der Waals surface area contributed by atoms with Gasteiger partial charge < -0.3 is 14.7 Å². The smallest absolute Gasteiger partial charge is 0.302 e. The molecule has 0 aliphatic heterocycles. The van der Waals surface area contributed by atoms with Crippen LogP contribution in [0.15, 0.2) is 0 Å². The van der Waals surface area contributed by atoms with Crippen LogP contribution in [0.2, 0.25) is 0 Å². The normalized spacial score (nSPS) is 40.3. The molecule has 2 saturated carbocycles. The molecule has 2 fully saturated rings. The van der Waals surface area contributed by atoms with Gasteiger partial charge in [0.15, 0.2) is 0 Å². The highest BCUT2D eigenvalue weighted by atomic mass is 31.3. The lowest BCUT2D eigenvalue weighted by molar-refractivity contribution is 0.0107. The lowest BCUT2D eigenvalue weighted by atomic mass is 9.70. The summed E-state index contributed by atoms with van der Waals surface area (Å²) in [7, 11) is -9.81. The van der Waals surface area contributed by atoms with Crippen LogP contribution in [0.25, 0.3) is 0 Å². The van der Waals surface area contributed by atoms with Crippen LogP contribution < -0.4 is 0 Å². The van der Waals surface area contributed by atoms with Crippen LogP contribution in [0.5, 0.6) is 0 Å². The van der Waals surface area contributed by atoms with Gasteiger partial charge in [0.2, 0.25) is 0 Å². The van der Waals surface area contributed by atoms with Crippen molar-refractivity contribution in [2.24, 2.45) is 16.7 Å². The van der Waals surface area contributed by atoms with Crippen molar-refractivity contribution in [3.05, 3.63) is 0 Å². The molecule has 0 saturated heterocycles. The Kier molecular flexibility index (Phi) is 3.60. The molecule has 2 aliphatic rings. The van der Waals surface area contributed by atoms with Gasteiger partial charge in [-0.25, -0.2) is 9.13 Å². The number of fused-ring (bicyclic) bond motifs is 2. The van der Waals surface area contributed by atoms with Gasteiger partial charge in [-0.3, -0.25) is 4.52 Å².